The van der Waals surface area contributed by atoms with Crippen molar-refractivity contribution in [3.63, 3.8) is 0 Å². The second kappa shape index (κ2) is 15.6. The monoisotopic (exact) mass is 700 g/mol. The molecule has 0 saturated heterocycles. The number of hydrogen-bond donors (Lipinski definition) is 5. The SMILES string of the molecule is CCNC(=O)c1noc(-c2cc(C(C)C)c(O)cc2[C@](CCCCNC(=O)OC(C)(C)C)(NC(=O)OC(C)(C)C)C(=O)O)c1-c1noc(C)n1. The number of aromatic hydroxyl groups is 1. The molecule has 0 radical (unpaired) electrons. The normalized spacial score (nSPS) is 13.0. The highest BCUT2D eigenvalue weighted by atomic mass is 16.6. The number of carboxylic acids is 1. The van der Waals surface area contributed by atoms with E-state index in [-0.39, 0.29) is 83.9 Å². The number of hydrogen-bond acceptors (Lipinski definition) is 12. The molecule has 0 aliphatic rings. The molecule has 16 heteroatoms. The van der Waals surface area contributed by atoms with E-state index in [0.717, 1.165) is 0 Å². The molecule has 0 aliphatic carbocycles. The van der Waals surface area contributed by atoms with Gasteiger partial charge in [-0.3, -0.25) is 4.79 Å². The molecule has 3 rings (SSSR count). The predicted octanol–water partition coefficient (Wildman–Crippen LogP) is 5.78. The molecule has 0 bridgehead atoms. The molecule has 0 fully saturated rings. The molecule has 274 valence electrons. The largest absolute Gasteiger partial charge is 0.508 e. The predicted molar refractivity (Wildman–Crippen MR) is 181 cm³/mol. The van der Waals surface area contributed by atoms with Crippen molar-refractivity contribution in [2.45, 2.75) is 111 Å². The van der Waals surface area contributed by atoms with Crippen LogP contribution >= 0.6 is 0 Å². The summed E-state index contributed by atoms with van der Waals surface area (Å²) in [6.07, 6.45) is -1.48. The summed E-state index contributed by atoms with van der Waals surface area (Å²) >= 11 is 0. The van der Waals surface area contributed by atoms with Gasteiger partial charge in [-0.1, -0.05) is 24.2 Å². The molecule has 3 amide bonds. The van der Waals surface area contributed by atoms with Crippen LogP contribution in [0, 0.1) is 6.92 Å². The zero-order valence-electron chi connectivity index (χ0n) is 30.3. The van der Waals surface area contributed by atoms with Gasteiger partial charge in [-0.15, -0.1) is 0 Å². The number of nitrogens with one attached hydrogen (secondary N) is 3. The van der Waals surface area contributed by atoms with Crippen LogP contribution in [0.4, 0.5) is 9.59 Å². The van der Waals surface area contributed by atoms with Crippen molar-refractivity contribution < 1.29 is 47.9 Å². The molecule has 16 nitrogen and oxygen atoms in total. The molecule has 0 saturated carbocycles. The Labute approximate surface area is 290 Å². The molecule has 0 aliphatic heterocycles. The first-order valence-electron chi connectivity index (χ1n) is 16.4. The Morgan fingerprint density at radius 2 is 1.56 bits per heavy atom. The maximum Gasteiger partial charge on any atom is 0.408 e. The first-order chi connectivity index (χ1) is 23.2. The molecule has 50 heavy (non-hydrogen) atoms. The summed E-state index contributed by atoms with van der Waals surface area (Å²) in [6.45, 7) is 17.4. The van der Waals surface area contributed by atoms with Crippen molar-refractivity contribution in [3.8, 4) is 28.5 Å². The quantitative estimate of drug-likeness (QED) is 0.133. The zero-order chi connectivity index (χ0) is 37.6. The molecule has 1 aromatic carbocycles. The van der Waals surface area contributed by atoms with Crippen molar-refractivity contribution in [1.29, 1.82) is 0 Å². The lowest BCUT2D eigenvalue weighted by Gasteiger charge is -2.34. The second-order valence-electron chi connectivity index (χ2n) is 14.1. The van der Waals surface area contributed by atoms with E-state index in [1.165, 1.54) is 12.1 Å². The fourth-order valence-electron chi connectivity index (χ4n) is 5.13. The highest BCUT2D eigenvalue weighted by molar-refractivity contribution is 6.02. The van der Waals surface area contributed by atoms with Crippen LogP contribution in [0.1, 0.15) is 115 Å². The van der Waals surface area contributed by atoms with E-state index in [0.29, 0.717) is 5.56 Å². The van der Waals surface area contributed by atoms with Crippen LogP contribution in [0.15, 0.2) is 21.2 Å². The maximum atomic E-state index is 13.5. The van der Waals surface area contributed by atoms with Gasteiger partial charge in [-0.25, -0.2) is 14.4 Å². The minimum Gasteiger partial charge on any atom is -0.508 e. The molecular formula is C34H48N6O10. The minimum atomic E-state index is -2.25. The summed E-state index contributed by atoms with van der Waals surface area (Å²) in [5.74, 6) is -2.59. The van der Waals surface area contributed by atoms with Crippen molar-refractivity contribution in [1.82, 2.24) is 31.2 Å². The maximum absolute atomic E-state index is 13.5. The van der Waals surface area contributed by atoms with Gasteiger partial charge >= 0.3 is 18.2 Å². The van der Waals surface area contributed by atoms with Gasteiger partial charge in [0, 0.05) is 31.1 Å². The minimum absolute atomic E-state index is 0.00700. The molecule has 0 unspecified atom stereocenters. The number of alkyl carbamates (subject to hydrolysis) is 2. The van der Waals surface area contributed by atoms with E-state index in [9.17, 15) is 29.4 Å². The Morgan fingerprint density at radius 1 is 0.920 bits per heavy atom. The Morgan fingerprint density at radius 3 is 2.10 bits per heavy atom. The smallest absolute Gasteiger partial charge is 0.408 e. The molecule has 5 N–H and O–H groups in total. The lowest BCUT2D eigenvalue weighted by atomic mass is 9.79. The highest BCUT2D eigenvalue weighted by Crippen LogP contribution is 2.45. The van der Waals surface area contributed by atoms with Gasteiger partial charge in [0.15, 0.2) is 17.0 Å². The van der Waals surface area contributed by atoms with Gasteiger partial charge in [0.2, 0.25) is 11.7 Å². The average molecular weight is 701 g/mol. The standard InChI is InChI=1S/C34H48N6O10/c1-11-35-28(42)25-24(27-37-19(4)49-40-27)26(50-39-25)21-16-20(18(2)3)23(41)17-22(21)34(29(43)44,38-31(46)48-33(8,9)10)14-12-13-15-36-30(45)47-32(5,6)7/h16-18,41H,11-15H2,1-10H3,(H,35,42)(H,36,45)(H,38,46)(H,43,44)/t34-/m0/s1. The topological polar surface area (TPSA) is 228 Å². The average Bonchev–Trinajstić information content (AvgIpc) is 3.60. The van der Waals surface area contributed by atoms with Crippen LogP contribution in [0.25, 0.3) is 22.7 Å². The van der Waals surface area contributed by atoms with E-state index >= 15 is 0 Å². The van der Waals surface area contributed by atoms with Crippen LogP contribution in [-0.4, -0.2) is 73.9 Å². The number of ether oxygens (including phenoxy) is 2. The van der Waals surface area contributed by atoms with Crippen LogP contribution in [0.5, 0.6) is 5.75 Å². The Kier molecular flexibility index (Phi) is 12.3. The highest BCUT2D eigenvalue weighted by Gasteiger charge is 2.46. The number of aromatic nitrogens is 3. The van der Waals surface area contributed by atoms with Crippen LogP contribution < -0.4 is 16.0 Å². The van der Waals surface area contributed by atoms with Crippen molar-refractivity contribution in [2.75, 3.05) is 13.1 Å². The summed E-state index contributed by atoms with van der Waals surface area (Å²) in [4.78, 5) is 56.5. The lowest BCUT2D eigenvalue weighted by Crippen LogP contribution is -2.53. The third-order valence-corrected chi connectivity index (χ3v) is 7.22. The Bertz CT molecular complexity index is 1700. The van der Waals surface area contributed by atoms with Gasteiger partial charge in [0.25, 0.3) is 5.91 Å². The molecule has 0 spiro atoms. The number of nitrogens with zero attached hydrogens (tertiary/aromatic N) is 3. The van der Waals surface area contributed by atoms with Gasteiger partial charge < -0.3 is 44.7 Å². The summed E-state index contributed by atoms with van der Waals surface area (Å²) in [6, 6.07) is 2.76. The van der Waals surface area contributed by atoms with Gasteiger partial charge in [-0.2, -0.15) is 4.98 Å². The van der Waals surface area contributed by atoms with Crippen LogP contribution in [0.2, 0.25) is 0 Å². The second-order valence-corrected chi connectivity index (χ2v) is 14.1. The molecule has 3 aromatic rings. The first-order valence-corrected chi connectivity index (χ1v) is 16.4. The molecule has 1 atom stereocenters. The molecule has 2 heterocycles. The fraction of sp³-hybridized carbons (Fsp3) is 0.559. The molecule has 2 aromatic heterocycles. The number of phenolic OH excluding ortho intramolecular Hbond substituents is 1. The number of carbonyl (C=O) groups excluding carboxylic acids is 3. The number of phenols is 1. The number of aliphatic carboxylic acids is 1. The van der Waals surface area contributed by atoms with Crippen molar-refractivity contribution >= 4 is 24.1 Å². The van der Waals surface area contributed by atoms with E-state index in [2.05, 4.69) is 31.2 Å². The number of amides is 3. The lowest BCUT2D eigenvalue weighted by molar-refractivity contribution is -0.145. The Hall–Kier alpha value is -5.15. The van der Waals surface area contributed by atoms with E-state index in [4.69, 9.17) is 18.5 Å². The number of rotatable bonds is 13. The van der Waals surface area contributed by atoms with Gasteiger partial charge in [0.1, 0.15) is 22.5 Å². The van der Waals surface area contributed by atoms with Crippen molar-refractivity contribution in [2.24, 2.45) is 0 Å². The summed E-state index contributed by atoms with van der Waals surface area (Å²) < 4.78 is 21.8. The number of carbonyl (C=O) groups is 4. The van der Waals surface area contributed by atoms with E-state index < -0.39 is 40.8 Å². The number of unbranched alkanes of at least 4 members (excludes halogenated alkanes) is 1. The van der Waals surface area contributed by atoms with Gasteiger partial charge in [-0.05, 0) is 91.3 Å². The zero-order valence-corrected chi connectivity index (χ0v) is 30.3. The number of aryl methyl sites for hydroxylation is 1. The van der Waals surface area contributed by atoms with E-state index in [1.807, 2.05) is 13.8 Å². The number of carboxylic acid groups (broad SMARTS) is 1. The summed E-state index contributed by atoms with van der Waals surface area (Å²) in [7, 11) is 0. The van der Waals surface area contributed by atoms with E-state index in [1.54, 1.807) is 55.4 Å². The summed E-state index contributed by atoms with van der Waals surface area (Å²) in [5, 5.41) is 38.1. The number of benzene rings is 1. The molecular weight excluding hydrogens is 652 g/mol. The van der Waals surface area contributed by atoms with Crippen LogP contribution in [0.3, 0.4) is 0 Å². The Balaban J connectivity index is 2.28. The third-order valence-electron chi connectivity index (χ3n) is 7.22. The fourth-order valence-corrected chi connectivity index (χ4v) is 5.13. The van der Waals surface area contributed by atoms with Crippen molar-refractivity contribution in [3.05, 3.63) is 34.8 Å². The van der Waals surface area contributed by atoms with Crippen LogP contribution in [-0.2, 0) is 19.8 Å². The van der Waals surface area contributed by atoms with Gasteiger partial charge in [0.05, 0.1) is 0 Å². The first kappa shape index (κ1) is 39.3. The third kappa shape index (κ3) is 9.72. The summed E-state index contributed by atoms with van der Waals surface area (Å²) in [5.41, 5.74) is -3.75.